The van der Waals surface area contributed by atoms with Crippen molar-refractivity contribution in [2.24, 2.45) is 5.92 Å². The first-order valence-corrected chi connectivity index (χ1v) is 8.86. The number of nitrogens with one attached hydrogen (secondary N) is 2. The van der Waals surface area contributed by atoms with E-state index in [-0.39, 0.29) is 30.7 Å². The summed E-state index contributed by atoms with van der Waals surface area (Å²) in [5, 5.41) is 5.39. The summed E-state index contributed by atoms with van der Waals surface area (Å²) in [5.41, 5.74) is 1.36. The van der Waals surface area contributed by atoms with Gasteiger partial charge in [0.25, 0.3) is 5.91 Å². The molecular weight excluding hydrogens is 373 g/mol. The maximum atomic E-state index is 12.3. The summed E-state index contributed by atoms with van der Waals surface area (Å²) in [6, 6.07) is 6.17. The number of alkyl halides is 3. The summed E-state index contributed by atoms with van der Waals surface area (Å²) in [4.78, 5) is 32.1. The number of pyridine rings is 2. The van der Waals surface area contributed by atoms with E-state index in [1.54, 1.807) is 6.07 Å². The van der Waals surface area contributed by atoms with E-state index in [0.29, 0.717) is 22.6 Å². The number of aromatic nitrogens is 2. The normalized spacial score (nSPS) is 13.8. The van der Waals surface area contributed by atoms with Crippen molar-refractivity contribution in [3.63, 3.8) is 0 Å². The highest BCUT2D eigenvalue weighted by Gasteiger charge is 2.30. The average Bonchev–Trinajstić information content (AvgIpc) is 3.50. The predicted octanol–water partition coefficient (Wildman–Crippen LogP) is 3.25. The van der Waals surface area contributed by atoms with Crippen molar-refractivity contribution in [1.29, 1.82) is 0 Å². The molecule has 0 bridgehead atoms. The first-order valence-electron chi connectivity index (χ1n) is 8.86. The third kappa shape index (κ3) is 6.04. The topological polar surface area (TPSA) is 84.0 Å². The molecule has 6 nitrogen and oxygen atoms in total. The Balaban J connectivity index is 1.51. The van der Waals surface area contributed by atoms with Gasteiger partial charge in [-0.1, -0.05) is 6.07 Å². The Labute approximate surface area is 159 Å². The number of rotatable bonds is 7. The molecule has 0 unspecified atom stereocenters. The van der Waals surface area contributed by atoms with E-state index >= 15 is 0 Å². The maximum absolute atomic E-state index is 12.3. The van der Waals surface area contributed by atoms with E-state index in [0.717, 1.165) is 12.8 Å². The van der Waals surface area contributed by atoms with E-state index in [4.69, 9.17) is 0 Å². The van der Waals surface area contributed by atoms with Crippen molar-refractivity contribution in [2.45, 2.75) is 38.4 Å². The smallest absolute Gasteiger partial charge is 0.348 e. The largest absolute Gasteiger partial charge is 0.389 e. The molecule has 1 aliphatic rings. The molecule has 2 heterocycles. The number of amides is 2. The highest BCUT2D eigenvalue weighted by atomic mass is 19.4. The second kappa shape index (κ2) is 8.37. The third-order valence-corrected chi connectivity index (χ3v) is 4.23. The van der Waals surface area contributed by atoms with Crippen LogP contribution in [0.1, 0.15) is 40.9 Å². The molecule has 2 N–H and O–H groups in total. The van der Waals surface area contributed by atoms with Gasteiger partial charge in [0.15, 0.2) is 0 Å². The molecule has 1 saturated carbocycles. The van der Waals surface area contributed by atoms with E-state index in [1.807, 2.05) is 0 Å². The molecule has 3 rings (SSSR count). The van der Waals surface area contributed by atoms with Gasteiger partial charge >= 0.3 is 6.18 Å². The average molecular weight is 392 g/mol. The number of nitrogens with zero attached hydrogens (tertiary/aromatic N) is 2. The summed E-state index contributed by atoms with van der Waals surface area (Å²) in [7, 11) is 0. The van der Waals surface area contributed by atoms with Crippen LogP contribution in [0, 0.1) is 5.92 Å². The summed E-state index contributed by atoms with van der Waals surface area (Å²) in [6.07, 6.45) is -0.686. The van der Waals surface area contributed by atoms with E-state index < -0.39 is 12.6 Å². The van der Waals surface area contributed by atoms with Crippen LogP contribution in [0.5, 0.6) is 0 Å². The number of hydrogen-bond acceptors (Lipinski definition) is 4. The van der Waals surface area contributed by atoms with Gasteiger partial charge in [-0.05, 0) is 43.0 Å². The van der Waals surface area contributed by atoms with Gasteiger partial charge in [0.05, 0.1) is 0 Å². The first kappa shape index (κ1) is 19.8. The van der Waals surface area contributed by atoms with Crippen LogP contribution in [0.15, 0.2) is 36.7 Å². The van der Waals surface area contributed by atoms with E-state index in [2.05, 4.69) is 20.6 Å². The molecule has 0 radical (unpaired) electrons. The van der Waals surface area contributed by atoms with Crippen molar-refractivity contribution >= 4 is 17.6 Å². The Bertz CT molecular complexity index is 849. The number of carbonyl (C=O) groups is 2. The summed E-state index contributed by atoms with van der Waals surface area (Å²) in [6.45, 7) is 0.178. The van der Waals surface area contributed by atoms with Gasteiger partial charge in [-0.2, -0.15) is 13.2 Å². The number of aryl methyl sites for hydroxylation is 1. The number of hydrogen-bond donors (Lipinski definition) is 2. The zero-order valence-electron chi connectivity index (χ0n) is 14.9. The second-order valence-corrected chi connectivity index (χ2v) is 6.65. The summed E-state index contributed by atoms with van der Waals surface area (Å²) in [5.74, 6) is -0.0988. The maximum Gasteiger partial charge on any atom is 0.389 e. The summed E-state index contributed by atoms with van der Waals surface area (Å²) >= 11 is 0. The highest BCUT2D eigenvalue weighted by molar-refractivity contribution is 5.97. The molecule has 0 aliphatic heterocycles. The number of anilines is 1. The molecule has 0 aromatic carbocycles. The van der Waals surface area contributed by atoms with Crippen LogP contribution >= 0.6 is 0 Å². The lowest BCUT2D eigenvalue weighted by Gasteiger charge is -2.08. The summed E-state index contributed by atoms with van der Waals surface area (Å²) < 4.78 is 36.7. The van der Waals surface area contributed by atoms with Crippen LogP contribution in [-0.2, 0) is 17.8 Å². The SMILES string of the molecule is O=C(NCc1ccc(CCC(F)(F)F)nc1)c1ccnc(NC(=O)C2CC2)c1. The molecular formula is C19H19F3N4O2. The second-order valence-electron chi connectivity index (χ2n) is 6.65. The minimum atomic E-state index is -4.21. The van der Waals surface area contributed by atoms with Gasteiger partial charge < -0.3 is 10.6 Å². The molecule has 148 valence electrons. The molecule has 2 amide bonds. The number of carbonyl (C=O) groups excluding carboxylic acids is 2. The zero-order chi connectivity index (χ0) is 20.1. The minimum absolute atomic E-state index is 0.0332. The monoisotopic (exact) mass is 392 g/mol. The van der Waals surface area contributed by atoms with Crippen molar-refractivity contribution in [3.05, 3.63) is 53.5 Å². The van der Waals surface area contributed by atoms with Crippen LogP contribution in [0.3, 0.4) is 0 Å². The molecule has 2 aromatic rings. The Morgan fingerprint density at radius 2 is 1.93 bits per heavy atom. The predicted molar refractivity (Wildman–Crippen MR) is 95.4 cm³/mol. The Morgan fingerprint density at radius 3 is 2.57 bits per heavy atom. The lowest BCUT2D eigenvalue weighted by Crippen LogP contribution is -2.23. The third-order valence-electron chi connectivity index (χ3n) is 4.23. The highest BCUT2D eigenvalue weighted by Crippen LogP contribution is 2.30. The molecule has 0 saturated heterocycles. The van der Waals surface area contributed by atoms with E-state index in [1.165, 1.54) is 30.6 Å². The van der Waals surface area contributed by atoms with Gasteiger partial charge in [-0.15, -0.1) is 0 Å². The molecule has 0 atom stereocenters. The van der Waals surface area contributed by atoms with Gasteiger partial charge in [0, 0.05) is 42.5 Å². The fraction of sp³-hybridized carbons (Fsp3) is 0.368. The standard InChI is InChI=1S/C19H19F3N4O2/c20-19(21,22)7-5-15-4-1-12(10-24-15)11-25-17(27)14-6-8-23-16(9-14)26-18(28)13-2-3-13/h1,4,6,8-10,13H,2-3,5,7,11H2,(H,25,27)(H,23,26,28). The Hall–Kier alpha value is -2.97. The van der Waals surface area contributed by atoms with Gasteiger partial charge in [-0.3, -0.25) is 14.6 Å². The quantitative estimate of drug-likeness (QED) is 0.758. The van der Waals surface area contributed by atoms with Crippen LogP contribution in [0.2, 0.25) is 0 Å². The molecule has 0 spiro atoms. The minimum Gasteiger partial charge on any atom is -0.348 e. The molecule has 2 aromatic heterocycles. The van der Waals surface area contributed by atoms with Crippen molar-refractivity contribution in [3.8, 4) is 0 Å². The number of halogens is 3. The Kier molecular flexibility index (Phi) is 5.91. The van der Waals surface area contributed by atoms with Crippen LogP contribution < -0.4 is 10.6 Å². The fourth-order valence-electron chi connectivity index (χ4n) is 2.48. The molecule has 28 heavy (non-hydrogen) atoms. The molecule has 1 fully saturated rings. The molecule has 1 aliphatic carbocycles. The lowest BCUT2D eigenvalue weighted by molar-refractivity contribution is -0.134. The van der Waals surface area contributed by atoms with Crippen LogP contribution in [-0.4, -0.2) is 28.0 Å². The Morgan fingerprint density at radius 1 is 1.14 bits per heavy atom. The van der Waals surface area contributed by atoms with Crippen LogP contribution in [0.25, 0.3) is 0 Å². The van der Waals surface area contributed by atoms with Crippen molar-refractivity contribution < 1.29 is 22.8 Å². The fourth-order valence-corrected chi connectivity index (χ4v) is 2.48. The lowest BCUT2D eigenvalue weighted by atomic mass is 10.2. The van der Waals surface area contributed by atoms with Crippen LogP contribution in [0.4, 0.5) is 19.0 Å². The van der Waals surface area contributed by atoms with Gasteiger partial charge in [-0.25, -0.2) is 4.98 Å². The van der Waals surface area contributed by atoms with Gasteiger partial charge in [0.2, 0.25) is 5.91 Å². The van der Waals surface area contributed by atoms with Crippen molar-refractivity contribution in [1.82, 2.24) is 15.3 Å². The zero-order valence-corrected chi connectivity index (χ0v) is 14.9. The first-order chi connectivity index (χ1) is 13.3. The van der Waals surface area contributed by atoms with Gasteiger partial charge in [0.1, 0.15) is 5.82 Å². The van der Waals surface area contributed by atoms with E-state index in [9.17, 15) is 22.8 Å². The van der Waals surface area contributed by atoms with Crippen molar-refractivity contribution in [2.75, 3.05) is 5.32 Å². The molecule has 9 heteroatoms.